The predicted octanol–water partition coefficient (Wildman–Crippen LogP) is 2.39. The van der Waals surface area contributed by atoms with Crippen LogP contribution in [-0.2, 0) is 23.7 Å². The Labute approximate surface area is 152 Å². The molecule has 1 aromatic carbocycles. The number of hydrogen-bond donors (Lipinski definition) is 1. The fourth-order valence-electron chi connectivity index (χ4n) is 3.22. The molecule has 2 heterocycles. The first-order valence-electron chi connectivity index (χ1n) is 8.35. The van der Waals surface area contributed by atoms with Gasteiger partial charge in [-0.2, -0.15) is 0 Å². The summed E-state index contributed by atoms with van der Waals surface area (Å²) in [5, 5.41) is 10.9. The molecular formula is C18H26O6S. The third-order valence-corrected chi connectivity index (χ3v) is 6.24. The van der Waals surface area contributed by atoms with Crippen molar-refractivity contribution in [3.05, 3.63) is 30.3 Å². The van der Waals surface area contributed by atoms with Crippen molar-refractivity contribution in [3.8, 4) is 0 Å². The molecule has 2 unspecified atom stereocenters. The van der Waals surface area contributed by atoms with E-state index in [-0.39, 0.29) is 6.10 Å². The average molecular weight is 370 g/mol. The minimum atomic E-state index is -1.15. The molecule has 25 heavy (non-hydrogen) atoms. The molecule has 0 radical (unpaired) electrons. The second-order valence-electron chi connectivity index (χ2n) is 6.60. The van der Waals surface area contributed by atoms with Crippen molar-refractivity contribution in [2.24, 2.45) is 0 Å². The van der Waals surface area contributed by atoms with Crippen molar-refractivity contribution in [3.63, 3.8) is 0 Å². The molecule has 0 amide bonds. The molecule has 7 atom stereocenters. The molecule has 0 aromatic heterocycles. The number of benzene rings is 1. The minimum absolute atomic E-state index is 0.273. The van der Waals surface area contributed by atoms with E-state index in [0.717, 1.165) is 4.90 Å². The smallest absolute Gasteiger partial charge is 0.220 e. The molecular weight excluding hydrogens is 344 g/mol. The van der Waals surface area contributed by atoms with Crippen molar-refractivity contribution < 1.29 is 28.8 Å². The highest BCUT2D eigenvalue weighted by atomic mass is 32.2. The van der Waals surface area contributed by atoms with Gasteiger partial charge in [0.25, 0.3) is 0 Å². The number of aliphatic hydroxyl groups is 1. The topological polar surface area (TPSA) is 66.4 Å². The van der Waals surface area contributed by atoms with Gasteiger partial charge < -0.3 is 28.8 Å². The van der Waals surface area contributed by atoms with Crippen LogP contribution >= 0.6 is 11.8 Å². The molecule has 7 heteroatoms. The number of fused-ring (bicyclic) bond motifs is 1. The summed E-state index contributed by atoms with van der Waals surface area (Å²) in [6, 6.07) is 9.83. The van der Waals surface area contributed by atoms with Crippen LogP contribution in [0.4, 0.5) is 0 Å². The quantitative estimate of drug-likeness (QED) is 0.873. The summed E-state index contributed by atoms with van der Waals surface area (Å²) in [6.07, 6.45) is -2.19. The second-order valence-corrected chi connectivity index (χ2v) is 7.77. The van der Waals surface area contributed by atoms with Gasteiger partial charge >= 0.3 is 0 Å². The third kappa shape index (κ3) is 3.35. The van der Waals surface area contributed by atoms with Gasteiger partial charge in [0.15, 0.2) is 0 Å². The molecule has 0 spiro atoms. The largest absolute Gasteiger partial charge is 0.387 e. The highest BCUT2D eigenvalue weighted by molar-refractivity contribution is 7.99. The van der Waals surface area contributed by atoms with Crippen LogP contribution in [0.25, 0.3) is 0 Å². The summed E-state index contributed by atoms with van der Waals surface area (Å²) in [4.78, 5) is 1.02. The van der Waals surface area contributed by atoms with Crippen LogP contribution in [0.15, 0.2) is 35.2 Å². The van der Waals surface area contributed by atoms with Crippen LogP contribution in [0.3, 0.4) is 0 Å². The maximum Gasteiger partial charge on any atom is 0.220 e. The van der Waals surface area contributed by atoms with E-state index in [4.69, 9.17) is 23.7 Å². The Balaban J connectivity index is 1.82. The number of methoxy groups -OCH3 is 2. The van der Waals surface area contributed by atoms with Crippen molar-refractivity contribution in [1.29, 1.82) is 0 Å². The summed E-state index contributed by atoms with van der Waals surface area (Å²) in [7, 11) is 3.08. The Kier molecular flexibility index (Phi) is 5.46. The van der Waals surface area contributed by atoms with Crippen molar-refractivity contribution >= 4 is 11.8 Å². The molecule has 0 bridgehead atoms. The summed E-state index contributed by atoms with van der Waals surface area (Å²) < 4.78 is 29.4. The van der Waals surface area contributed by atoms with Gasteiger partial charge in [-0.1, -0.05) is 30.0 Å². The monoisotopic (exact) mass is 370 g/mol. The van der Waals surface area contributed by atoms with Gasteiger partial charge in [0.05, 0.1) is 6.10 Å². The summed E-state index contributed by atoms with van der Waals surface area (Å²) >= 11 is 1.47. The van der Waals surface area contributed by atoms with Crippen LogP contribution < -0.4 is 0 Å². The Bertz CT molecular complexity index is 586. The fourth-order valence-corrected chi connectivity index (χ4v) is 4.32. The van der Waals surface area contributed by atoms with E-state index in [9.17, 15) is 5.11 Å². The molecule has 3 rings (SSSR count). The SMILES string of the molecule is COC1(C)O[C@@H]2[C@@H](OC1(C)OC)[C@@H](O)[C@H](Sc1ccccc1)O[C@H]2C. The van der Waals surface area contributed by atoms with Crippen LogP contribution in [0.5, 0.6) is 0 Å². The Morgan fingerprint density at radius 3 is 2.12 bits per heavy atom. The van der Waals surface area contributed by atoms with E-state index in [1.54, 1.807) is 21.0 Å². The predicted molar refractivity (Wildman–Crippen MR) is 93.2 cm³/mol. The van der Waals surface area contributed by atoms with Crippen LogP contribution in [0.2, 0.25) is 0 Å². The summed E-state index contributed by atoms with van der Waals surface area (Å²) in [6.45, 7) is 5.42. The number of rotatable bonds is 4. The number of aliphatic hydroxyl groups excluding tert-OH is 1. The van der Waals surface area contributed by atoms with E-state index in [1.807, 2.05) is 37.3 Å². The summed E-state index contributed by atoms with van der Waals surface area (Å²) in [5.74, 6) is -2.26. The average Bonchev–Trinajstić information content (AvgIpc) is 2.62. The zero-order chi connectivity index (χ0) is 18.2. The normalized spacial score (nSPS) is 44.3. The Morgan fingerprint density at radius 1 is 1.00 bits per heavy atom. The highest BCUT2D eigenvalue weighted by Crippen LogP contribution is 2.45. The van der Waals surface area contributed by atoms with Crippen LogP contribution in [-0.4, -0.2) is 60.8 Å². The highest BCUT2D eigenvalue weighted by Gasteiger charge is 2.61. The molecule has 1 N–H and O–H groups in total. The van der Waals surface area contributed by atoms with E-state index >= 15 is 0 Å². The second kappa shape index (κ2) is 7.15. The van der Waals surface area contributed by atoms with Crippen LogP contribution in [0.1, 0.15) is 20.8 Å². The lowest BCUT2D eigenvalue weighted by Gasteiger charge is -2.56. The molecule has 1 aromatic rings. The molecule has 0 saturated carbocycles. The minimum Gasteiger partial charge on any atom is -0.387 e. The van der Waals surface area contributed by atoms with Gasteiger partial charge in [-0.25, -0.2) is 0 Å². The van der Waals surface area contributed by atoms with Crippen LogP contribution in [0, 0.1) is 0 Å². The van der Waals surface area contributed by atoms with Gasteiger partial charge in [-0.05, 0) is 32.9 Å². The molecule has 0 aliphatic carbocycles. The number of hydrogen-bond acceptors (Lipinski definition) is 7. The van der Waals surface area contributed by atoms with Crippen molar-refractivity contribution in [1.82, 2.24) is 0 Å². The molecule has 2 aliphatic heterocycles. The Morgan fingerprint density at radius 2 is 1.56 bits per heavy atom. The standard InChI is InChI=1S/C18H26O6S/c1-11-14-15(24-18(3,21-5)17(2,20-4)23-14)13(19)16(22-11)25-12-9-7-6-8-10-12/h6-11,13-16,19H,1-5H3/t11-,13+,14-,15-,16-,17?,18?/m0/s1. The van der Waals surface area contributed by atoms with E-state index in [1.165, 1.54) is 18.9 Å². The third-order valence-electron chi connectivity index (χ3n) is 5.07. The lowest BCUT2D eigenvalue weighted by molar-refractivity contribution is -0.468. The van der Waals surface area contributed by atoms with Crippen molar-refractivity contribution in [2.45, 2.75) is 67.1 Å². The molecule has 2 aliphatic rings. The van der Waals surface area contributed by atoms with E-state index in [0.29, 0.717) is 0 Å². The van der Waals surface area contributed by atoms with Gasteiger partial charge in [0.1, 0.15) is 23.7 Å². The lowest BCUT2D eigenvalue weighted by Crippen LogP contribution is -2.71. The first kappa shape index (κ1) is 19.1. The molecule has 140 valence electrons. The van der Waals surface area contributed by atoms with E-state index in [2.05, 4.69) is 0 Å². The number of thioether (sulfide) groups is 1. The molecule has 2 saturated heterocycles. The maximum absolute atomic E-state index is 10.9. The molecule has 6 nitrogen and oxygen atoms in total. The number of ether oxygens (including phenoxy) is 5. The zero-order valence-electron chi connectivity index (χ0n) is 15.2. The first-order chi connectivity index (χ1) is 11.8. The maximum atomic E-state index is 10.9. The first-order valence-corrected chi connectivity index (χ1v) is 9.22. The Hall–Kier alpha value is -0.670. The van der Waals surface area contributed by atoms with Gasteiger partial charge in [0, 0.05) is 19.1 Å². The molecule has 2 fully saturated rings. The fraction of sp³-hybridized carbons (Fsp3) is 0.667. The van der Waals surface area contributed by atoms with Gasteiger partial charge in [-0.3, -0.25) is 0 Å². The lowest BCUT2D eigenvalue weighted by atomic mass is 9.95. The van der Waals surface area contributed by atoms with Gasteiger partial charge in [-0.15, -0.1) is 0 Å². The van der Waals surface area contributed by atoms with E-state index < -0.39 is 35.3 Å². The van der Waals surface area contributed by atoms with Gasteiger partial charge in [0.2, 0.25) is 11.6 Å². The summed E-state index contributed by atoms with van der Waals surface area (Å²) in [5.41, 5.74) is -0.463. The zero-order valence-corrected chi connectivity index (χ0v) is 16.0. The van der Waals surface area contributed by atoms with Crippen molar-refractivity contribution in [2.75, 3.05) is 14.2 Å².